The van der Waals surface area contributed by atoms with E-state index in [4.69, 9.17) is 5.73 Å². The topological polar surface area (TPSA) is 72.1 Å². The van der Waals surface area contributed by atoms with Gasteiger partial charge in [0.25, 0.3) is 5.91 Å². The molecule has 2 rings (SSSR count). The predicted octanol–water partition coefficient (Wildman–Crippen LogP) is 1.72. The molecule has 5 heteroatoms. The molecule has 0 aromatic carbocycles. The smallest absolute Gasteiger partial charge is 0.257 e. The number of nitrogens with zero attached hydrogens (tertiary/aromatic N) is 3. The normalized spacial score (nSPS) is 22.6. The van der Waals surface area contributed by atoms with Crippen molar-refractivity contribution in [2.75, 3.05) is 13.1 Å². The lowest BCUT2D eigenvalue weighted by Crippen LogP contribution is -2.35. The van der Waals surface area contributed by atoms with Crippen molar-refractivity contribution in [1.82, 2.24) is 14.9 Å². The summed E-state index contributed by atoms with van der Waals surface area (Å²) in [6, 6.07) is 0.234. The molecule has 2 heterocycles. The van der Waals surface area contributed by atoms with Gasteiger partial charge in [0.2, 0.25) is 0 Å². The molecule has 1 aliphatic rings. The van der Waals surface area contributed by atoms with Crippen molar-refractivity contribution in [1.29, 1.82) is 0 Å². The quantitative estimate of drug-likeness (QED) is 0.912. The molecule has 0 aliphatic carbocycles. The molecule has 1 fully saturated rings. The third-order valence-corrected chi connectivity index (χ3v) is 3.97. The Morgan fingerprint density at radius 1 is 1.55 bits per heavy atom. The summed E-state index contributed by atoms with van der Waals surface area (Å²) < 4.78 is 0. The fraction of sp³-hybridized carbons (Fsp3) is 0.667. The number of nitrogens with two attached hydrogens (primary N) is 1. The van der Waals surface area contributed by atoms with Gasteiger partial charge >= 0.3 is 0 Å². The highest BCUT2D eigenvalue weighted by Gasteiger charge is 2.33. The van der Waals surface area contributed by atoms with Gasteiger partial charge in [0.15, 0.2) is 0 Å². The highest BCUT2D eigenvalue weighted by atomic mass is 16.2. The van der Waals surface area contributed by atoms with Crippen LogP contribution in [0.25, 0.3) is 0 Å². The first kappa shape index (κ1) is 14.9. The van der Waals surface area contributed by atoms with Crippen LogP contribution < -0.4 is 5.73 Å². The minimum absolute atomic E-state index is 0.0390. The molecule has 1 saturated heterocycles. The van der Waals surface area contributed by atoms with Crippen LogP contribution in [0.3, 0.4) is 0 Å². The number of rotatable bonds is 3. The first-order chi connectivity index (χ1) is 9.43. The number of carbonyl (C=O) groups is 1. The van der Waals surface area contributed by atoms with Gasteiger partial charge in [-0.3, -0.25) is 4.79 Å². The zero-order valence-electron chi connectivity index (χ0n) is 12.8. The van der Waals surface area contributed by atoms with Crippen LogP contribution >= 0.6 is 0 Å². The van der Waals surface area contributed by atoms with Gasteiger partial charge in [-0.2, -0.15) is 0 Å². The molecular formula is C15H24N4O. The predicted molar refractivity (Wildman–Crippen MR) is 78.5 cm³/mol. The maximum absolute atomic E-state index is 12.8. The summed E-state index contributed by atoms with van der Waals surface area (Å²) in [6.07, 6.45) is 2.65. The van der Waals surface area contributed by atoms with Crippen LogP contribution in [-0.2, 0) is 0 Å². The Kier molecular flexibility index (Phi) is 4.38. The summed E-state index contributed by atoms with van der Waals surface area (Å²) in [5, 5.41) is 0. The zero-order chi connectivity index (χ0) is 14.9. The van der Waals surface area contributed by atoms with Gasteiger partial charge in [-0.15, -0.1) is 0 Å². The monoisotopic (exact) mass is 276 g/mol. The summed E-state index contributed by atoms with van der Waals surface area (Å²) in [7, 11) is 0. The second-order valence-corrected chi connectivity index (χ2v) is 6.01. The van der Waals surface area contributed by atoms with E-state index in [1.54, 1.807) is 6.20 Å². The van der Waals surface area contributed by atoms with E-state index in [0.717, 1.165) is 18.7 Å². The van der Waals surface area contributed by atoms with Gasteiger partial charge in [-0.05, 0) is 38.6 Å². The largest absolute Gasteiger partial charge is 0.335 e. The Hall–Kier alpha value is -1.49. The SMILES string of the molecule is Cc1ncc(C(=O)N2CC(CN)CC2C)c(C(C)C)n1. The first-order valence-electron chi connectivity index (χ1n) is 7.28. The molecule has 2 unspecified atom stereocenters. The van der Waals surface area contributed by atoms with Gasteiger partial charge < -0.3 is 10.6 Å². The van der Waals surface area contributed by atoms with Crippen LogP contribution in [0.2, 0.25) is 0 Å². The third-order valence-electron chi connectivity index (χ3n) is 3.97. The molecule has 110 valence electrons. The molecule has 1 aromatic heterocycles. The molecular weight excluding hydrogens is 252 g/mol. The van der Waals surface area contributed by atoms with Crippen LogP contribution in [0.15, 0.2) is 6.20 Å². The van der Waals surface area contributed by atoms with E-state index < -0.39 is 0 Å². The standard InChI is InChI=1S/C15H24N4O/c1-9(2)14-13(7-17-11(4)18-14)15(20)19-8-12(6-16)5-10(19)3/h7,9-10,12H,5-6,8,16H2,1-4H3. The van der Waals surface area contributed by atoms with E-state index in [0.29, 0.717) is 23.9 Å². The minimum Gasteiger partial charge on any atom is -0.335 e. The number of aromatic nitrogens is 2. The average molecular weight is 276 g/mol. The molecule has 1 aliphatic heterocycles. The van der Waals surface area contributed by atoms with Crippen molar-refractivity contribution in [2.45, 2.75) is 46.1 Å². The van der Waals surface area contributed by atoms with E-state index in [1.165, 1.54) is 0 Å². The lowest BCUT2D eigenvalue weighted by Gasteiger charge is -2.23. The van der Waals surface area contributed by atoms with E-state index in [9.17, 15) is 4.79 Å². The van der Waals surface area contributed by atoms with Gasteiger partial charge in [0, 0.05) is 18.8 Å². The van der Waals surface area contributed by atoms with Crippen LogP contribution in [0.4, 0.5) is 0 Å². The fourth-order valence-electron chi connectivity index (χ4n) is 2.84. The number of hydrogen-bond donors (Lipinski definition) is 1. The van der Waals surface area contributed by atoms with Crippen LogP contribution in [0.5, 0.6) is 0 Å². The van der Waals surface area contributed by atoms with Gasteiger partial charge in [0.1, 0.15) is 5.82 Å². The van der Waals surface area contributed by atoms with E-state index in [1.807, 2.05) is 11.8 Å². The minimum atomic E-state index is 0.0390. The van der Waals surface area contributed by atoms with Crippen molar-refractivity contribution in [2.24, 2.45) is 11.7 Å². The van der Waals surface area contributed by atoms with Crippen molar-refractivity contribution >= 4 is 5.91 Å². The summed E-state index contributed by atoms with van der Waals surface area (Å²) in [4.78, 5) is 23.3. The molecule has 1 amide bonds. The van der Waals surface area contributed by atoms with Crippen molar-refractivity contribution in [3.63, 3.8) is 0 Å². The second kappa shape index (κ2) is 5.87. The number of amides is 1. The summed E-state index contributed by atoms with van der Waals surface area (Å²) in [5.41, 5.74) is 7.21. The lowest BCUT2D eigenvalue weighted by atomic mass is 10.0. The molecule has 0 spiro atoms. The number of aryl methyl sites for hydroxylation is 1. The molecule has 0 bridgehead atoms. The number of carbonyl (C=O) groups excluding carboxylic acids is 1. The first-order valence-corrected chi connectivity index (χ1v) is 7.28. The van der Waals surface area contributed by atoms with E-state index in [2.05, 4.69) is 30.7 Å². The maximum Gasteiger partial charge on any atom is 0.257 e. The zero-order valence-corrected chi connectivity index (χ0v) is 12.8. The van der Waals surface area contributed by atoms with Gasteiger partial charge in [-0.25, -0.2) is 9.97 Å². The summed E-state index contributed by atoms with van der Waals surface area (Å²) in [5.74, 6) is 1.36. The van der Waals surface area contributed by atoms with E-state index in [-0.39, 0.29) is 17.9 Å². The molecule has 1 aromatic rings. The highest BCUT2D eigenvalue weighted by Crippen LogP contribution is 2.26. The van der Waals surface area contributed by atoms with Gasteiger partial charge in [-0.1, -0.05) is 13.8 Å². The average Bonchev–Trinajstić information content (AvgIpc) is 2.79. The number of hydrogen-bond acceptors (Lipinski definition) is 4. The van der Waals surface area contributed by atoms with Crippen LogP contribution in [0.1, 0.15) is 55.0 Å². The molecule has 2 N–H and O–H groups in total. The van der Waals surface area contributed by atoms with E-state index >= 15 is 0 Å². The molecule has 2 atom stereocenters. The van der Waals surface area contributed by atoms with Crippen molar-refractivity contribution < 1.29 is 4.79 Å². The summed E-state index contributed by atoms with van der Waals surface area (Å²) >= 11 is 0. The summed E-state index contributed by atoms with van der Waals surface area (Å²) in [6.45, 7) is 9.40. The van der Waals surface area contributed by atoms with Gasteiger partial charge in [0.05, 0.1) is 11.3 Å². The second-order valence-electron chi connectivity index (χ2n) is 6.01. The fourth-order valence-corrected chi connectivity index (χ4v) is 2.84. The Labute approximate surface area is 120 Å². The highest BCUT2D eigenvalue weighted by molar-refractivity contribution is 5.95. The van der Waals surface area contributed by atoms with Crippen molar-refractivity contribution in [3.8, 4) is 0 Å². The Balaban J connectivity index is 2.30. The third kappa shape index (κ3) is 2.82. The molecule has 20 heavy (non-hydrogen) atoms. The Morgan fingerprint density at radius 3 is 2.80 bits per heavy atom. The molecule has 0 radical (unpaired) electrons. The molecule has 5 nitrogen and oxygen atoms in total. The lowest BCUT2D eigenvalue weighted by molar-refractivity contribution is 0.0741. The maximum atomic E-state index is 12.8. The van der Waals surface area contributed by atoms with Crippen LogP contribution in [-0.4, -0.2) is 39.9 Å². The Bertz CT molecular complexity index is 501. The Morgan fingerprint density at radius 2 is 2.25 bits per heavy atom. The number of likely N-dealkylation sites (tertiary alicyclic amines) is 1. The molecule has 0 saturated carbocycles. The van der Waals surface area contributed by atoms with Crippen molar-refractivity contribution in [3.05, 3.63) is 23.3 Å². The van der Waals surface area contributed by atoms with Crippen LogP contribution in [0, 0.1) is 12.8 Å².